The second-order valence-electron chi connectivity index (χ2n) is 6.04. The van der Waals surface area contributed by atoms with Crippen molar-refractivity contribution in [2.24, 2.45) is 17.8 Å². The van der Waals surface area contributed by atoms with Crippen molar-refractivity contribution in [3.05, 3.63) is 0 Å². The quantitative estimate of drug-likeness (QED) is 0.682. The molecule has 88 valence electrons. The Hall–Kier alpha value is -0.0400. The highest BCUT2D eigenvalue weighted by Crippen LogP contribution is 2.33. The summed E-state index contributed by atoms with van der Waals surface area (Å²) in [7, 11) is 0. The summed E-state index contributed by atoms with van der Waals surface area (Å²) in [4.78, 5) is 0. The molecule has 0 radical (unpaired) electrons. The van der Waals surface area contributed by atoms with Crippen LogP contribution in [0.2, 0.25) is 0 Å². The van der Waals surface area contributed by atoms with Crippen molar-refractivity contribution in [3.63, 3.8) is 0 Å². The molecule has 2 rings (SSSR count). The zero-order chi connectivity index (χ0) is 10.7. The summed E-state index contributed by atoms with van der Waals surface area (Å²) < 4.78 is 0. The van der Waals surface area contributed by atoms with Crippen LogP contribution >= 0.6 is 0 Å². The second-order valence-corrected chi connectivity index (χ2v) is 6.04. The first-order valence-electron chi connectivity index (χ1n) is 6.99. The summed E-state index contributed by atoms with van der Waals surface area (Å²) in [5, 5.41) is 3.78. The molecule has 15 heavy (non-hydrogen) atoms. The molecule has 0 amide bonds. The van der Waals surface area contributed by atoms with Gasteiger partial charge in [-0.1, -0.05) is 33.1 Å². The molecule has 0 saturated heterocycles. The molecular weight excluding hydrogens is 182 g/mol. The average Bonchev–Trinajstić information content (AvgIpc) is 3.01. The largest absolute Gasteiger partial charge is 0.314 e. The molecule has 2 aliphatic rings. The van der Waals surface area contributed by atoms with Crippen molar-refractivity contribution in [2.75, 3.05) is 6.54 Å². The van der Waals surface area contributed by atoms with E-state index in [0.29, 0.717) is 0 Å². The Morgan fingerprint density at radius 2 is 1.87 bits per heavy atom. The summed E-state index contributed by atoms with van der Waals surface area (Å²) in [6.07, 6.45) is 10.2. The van der Waals surface area contributed by atoms with E-state index in [9.17, 15) is 0 Å². The zero-order valence-electron chi connectivity index (χ0n) is 10.5. The fourth-order valence-corrected chi connectivity index (χ4v) is 2.90. The molecule has 2 saturated carbocycles. The van der Waals surface area contributed by atoms with E-state index in [0.717, 1.165) is 23.8 Å². The van der Waals surface area contributed by atoms with Crippen LogP contribution in [0.15, 0.2) is 0 Å². The van der Waals surface area contributed by atoms with Gasteiger partial charge < -0.3 is 5.32 Å². The van der Waals surface area contributed by atoms with Crippen molar-refractivity contribution in [1.29, 1.82) is 0 Å². The van der Waals surface area contributed by atoms with E-state index in [-0.39, 0.29) is 0 Å². The van der Waals surface area contributed by atoms with E-state index in [4.69, 9.17) is 0 Å². The van der Waals surface area contributed by atoms with Crippen molar-refractivity contribution in [3.8, 4) is 0 Å². The van der Waals surface area contributed by atoms with Gasteiger partial charge in [-0.15, -0.1) is 0 Å². The smallest absolute Gasteiger partial charge is 0.00952 e. The van der Waals surface area contributed by atoms with Gasteiger partial charge in [-0.2, -0.15) is 0 Å². The fraction of sp³-hybridized carbons (Fsp3) is 1.00. The molecule has 1 heteroatoms. The molecule has 0 aromatic rings. The Morgan fingerprint density at radius 3 is 2.60 bits per heavy atom. The molecule has 2 fully saturated rings. The van der Waals surface area contributed by atoms with Gasteiger partial charge in [-0.05, 0) is 50.0 Å². The predicted octanol–water partition coefficient (Wildman–Crippen LogP) is 3.59. The van der Waals surface area contributed by atoms with Gasteiger partial charge in [-0.3, -0.25) is 0 Å². The first-order valence-corrected chi connectivity index (χ1v) is 6.99. The van der Waals surface area contributed by atoms with Crippen LogP contribution in [0.4, 0.5) is 0 Å². The number of rotatable bonds is 5. The summed E-state index contributed by atoms with van der Waals surface area (Å²) in [6.45, 7) is 6.09. The topological polar surface area (TPSA) is 12.0 Å². The normalized spacial score (nSPS) is 36.8. The van der Waals surface area contributed by atoms with Gasteiger partial charge in [0.15, 0.2) is 0 Å². The van der Waals surface area contributed by atoms with Gasteiger partial charge in [0.1, 0.15) is 0 Å². The zero-order valence-corrected chi connectivity index (χ0v) is 10.5. The average molecular weight is 209 g/mol. The molecule has 0 bridgehead atoms. The third kappa shape index (κ3) is 3.79. The maximum Gasteiger partial charge on any atom is 0.00952 e. The lowest BCUT2D eigenvalue weighted by molar-refractivity contribution is 0.228. The maximum absolute atomic E-state index is 3.78. The highest BCUT2D eigenvalue weighted by Gasteiger charge is 2.25. The Kier molecular flexibility index (Phi) is 4.07. The van der Waals surface area contributed by atoms with Gasteiger partial charge in [0.25, 0.3) is 0 Å². The van der Waals surface area contributed by atoms with Gasteiger partial charge in [0.05, 0.1) is 0 Å². The lowest BCUT2D eigenvalue weighted by Gasteiger charge is -2.33. The van der Waals surface area contributed by atoms with E-state index >= 15 is 0 Å². The minimum absolute atomic E-state index is 0.813. The Labute approximate surface area is 95.0 Å². The van der Waals surface area contributed by atoms with Gasteiger partial charge in [0.2, 0.25) is 0 Å². The Morgan fingerprint density at radius 1 is 1.07 bits per heavy atom. The van der Waals surface area contributed by atoms with Gasteiger partial charge in [-0.25, -0.2) is 0 Å². The van der Waals surface area contributed by atoms with E-state index in [1.807, 2.05) is 0 Å². The first-order chi connectivity index (χ1) is 7.25. The predicted molar refractivity (Wildman–Crippen MR) is 65.9 cm³/mol. The van der Waals surface area contributed by atoms with Crippen LogP contribution < -0.4 is 5.32 Å². The number of hydrogen-bond donors (Lipinski definition) is 1. The van der Waals surface area contributed by atoms with Crippen LogP contribution in [0.3, 0.4) is 0 Å². The Bertz CT molecular complexity index is 186. The summed E-state index contributed by atoms with van der Waals surface area (Å²) in [6, 6.07) is 0.813. The minimum Gasteiger partial charge on any atom is -0.314 e. The highest BCUT2D eigenvalue weighted by atomic mass is 14.9. The van der Waals surface area contributed by atoms with Crippen LogP contribution in [0.1, 0.15) is 58.8 Å². The molecule has 3 atom stereocenters. The molecule has 1 nitrogen and oxygen atoms in total. The Balaban J connectivity index is 1.58. The van der Waals surface area contributed by atoms with E-state index in [2.05, 4.69) is 19.2 Å². The van der Waals surface area contributed by atoms with Crippen LogP contribution in [-0.2, 0) is 0 Å². The van der Waals surface area contributed by atoms with Crippen LogP contribution in [0.25, 0.3) is 0 Å². The van der Waals surface area contributed by atoms with Crippen molar-refractivity contribution in [1.82, 2.24) is 5.32 Å². The van der Waals surface area contributed by atoms with Crippen molar-refractivity contribution >= 4 is 0 Å². The maximum atomic E-state index is 3.78. The molecule has 0 spiro atoms. The van der Waals surface area contributed by atoms with Crippen LogP contribution in [0.5, 0.6) is 0 Å². The fourth-order valence-electron chi connectivity index (χ4n) is 2.90. The first kappa shape index (κ1) is 11.4. The molecular formula is C14H27N. The summed E-state index contributed by atoms with van der Waals surface area (Å²) >= 11 is 0. The van der Waals surface area contributed by atoms with E-state index in [1.54, 1.807) is 0 Å². The molecule has 2 aliphatic carbocycles. The standard InChI is InChI=1S/C14H27N/c1-11-5-6-12(2)14(10-11)15-9-3-4-13-7-8-13/h11-15H,3-10H2,1-2H3. The number of hydrogen-bond acceptors (Lipinski definition) is 1. The van der Waals surface area contributed by atoms with Gasteiger partial charge in [0, 0.05) is 6.04 Å². The molecule has 1 N–H and O–H groups in total. The molecule has 0 aromatic heterocycles. The van der Waals surface area contributed by atoms with E-state index in [1.165, 1.54) is 51.5 Å². The molecule has 3 unspecified atom stereocenters. The number of nitrogens with one attached hydrogen (secondary N) is 1. The van der Waals surface area contributed by atoms with E-state index < -0.39 is 0 Å². The SMILES string of the molecule is CC1CCC(C)C(NCCCC2CC2)C1. The third-order valence-electron chi connectivity index (χ3n) is 4.35. The van der Waals surface area contributed by atoms with Crippen molar-refractivity contribution in [2.45, 2.75) is 64.8 Å². The second kappa shape index (κ2) is 5.34. The molecule has 0 aliphatic heterocycles. The molecule has 0 aromatic carbocycles. The molecule has 0 heterocycles. The van der Waals surface area contributed by atoms with Crippen molar-refractivity contribution < 1.29 is 0 Å². The van der Waals surface area contributed by atoms with Crippen LogP contribution in [0, 0.1) is 17.8 Å². The lowest BCUT2D eigenvalue weighted by Crippen LogP contribution is -2.39. The monoisotopic (exact) mass is 209 g/mol. The summed E-state index contributed by atoms with van der Waals surface area (Å²) in [5.41, 5.74) is 0. The van der Waals surface area contributed by atoms with Crippen LogP contribution in [-0.4, -0.2) is 12.6 Å². The lowest BCUT2D eigenvalue weighted by atomic mass is 9.80. The minimum atomic E-state index is 0.813. The summed E-state index contributed by atoms with van der Waals surface area (Å²) in [5.74, 6) is 2.96. The highest BCUT2D eigenvalue weighted by molar-refractivity contribution is 4.81. The third-order valence-corrected chi connectivity index (χ3v) is 4.35. The van der Waals surface area contributed by atoms with Gasteiger partial charge >= 0.3 is 0 Å².